The zero-order valence-electron chi connectivity index (χ0n) is 11.2. The fraction of sp³-hybridized carbons (Fsp3) is 0.286. The molecule has 1 aromatic carbocycles. The SMILES string of the molecule is CCOc1ccc(N(C)Cc2nccc(N)n2)cc1. The lowest BCUT2D eigenvalue weighted by molar-refractivity contribution is 0.340. The van der Waals surface area contributed by atoms with Crippen molar-refractivity contribution in [2.24, 2.45) is 0 Å². The summed E-state index contributed by atoms with van der Waals surface area (Å²) in [6.45, 7) is 3.25. The van der Waals surface area contributed by atoms with E-state index in [0.29, 0.717) is 24.8 Å². The van der Waals surface area contributed by atoms with E-state index >= 15 is 0 Å². The third-order valence-electron chi connectivity index (χ3n) is 2.69. The molecular weight excluding hydrogens is 240 g/mol. The van der Waals surface area contributed by atoms with Crippen LogP contribution in [0.1, 0.15) is 12.7 Å². The topological polar surface area (TPSA) is 64.3 Å². The summed E-state index contributed by atoms with van der Waals surface area (Å²) in [5.41, 5.74) is 6.72. The molecule has 1 heterocycles. The van der Waals surface area contributed by atoms with Crippen molar-refractivity contribution in [3.8, 4) is 5.75 Å². The highest BCUT2D eigenvalue weighted by Gasteiger charge is 2.05. The molecule has 2 aromatic rings. The van der Waals surface area contributed by atoms with Crippen molar-refractivity contribution in [1.82, 2.24) is 9.97 Å². The number of hydrogen-bond acceptors (Lipinski definition) is 5. The zero-order chi connectivity index (χ0) is 13.7. The lowest BCUT2D eigenvalue weighted by Gasteiger charge is -2.18. The molecule has 0 bridgehead atoms. The normalized spacial score (nSPS) is 10.2. The van der Waals surface area contributed by atoms with Gasteiger partial charge in [0, 0.05) is 18.9 Å². The molecule has 0 atom stereocenters. The van der Waals surface area contributed by atoms with E-state index in [1.807, 2.05) is 38.2 Å². The summed E-state index contributed by atoms with van der Waals surface area (Å²) in [6, 6.07) is 9.61. The Bertz CT molecular complexity index is 527. The van der Waals surface area contributed by atoms with Gasteiger partial charge < -0.3 is 15.4 Å². The Labute approximate surface area is 113 Å². The number of nitrogens with two attached hydrogens (primary N) is 1. The summed E-state index contributed by atoms with van der Waals surface area (Å²) in [5, 5.41) is 0. The van der Waals surface area contributed by atoms with E-state index in [2.05, 4.69) is 14.9 Å². The molecule has 1 aromatic heterocycles. The van der Waals surface area contributed by atoms with E-state index in [-0.39, 0.29) is 0 Å². The molecule has 5 heteroatoms. The third kappa shape index (κ3) is 3.58. The number of nitrogen functional groups attached to an aromatic ring is 1. The van der Waals surface area contributed by atoms with Gasteiger partial charge in [0.05, 0.1) is 13.2 Å². The number of anilines is 2. The van der Waals surface area contributed by atoms with Crippen LogP contribution in [-0.2, 0) is 6.54 Å². The molecule has 0 amide bonds. The molecule has 0 saturated heterocycles. The van der Waals surface area contributed by atoms with E-state index in [1.165, 1.54) is 0 Å². The summed E-state index contributed by atoms with van der Waals surface area (Å²) in [4.78, 5) is 10.4. The Morgan fingerprint density at radius 2 is 1.95 bits per heavy atom. The molecule has 0 saturated carbocycles. The first-order chi connectivity index (χ1) is 9.19. The Hall–Kier alpha value is -2.30. The van der Waals surface area contributed by atoms with Crippen LogP contribution in [0.5, 0.6) is 5.75 Å². The van der Waals surface area contributed by atoms with Crippen LogP contribution in [0.15, 0.2) is 36.5 Å². The maximum absolute atomic E-state index is 5.64. The molecular formula is C14H18N4O. The van der Waals surface area contributed by atoms with Gasteiger partial charge in [-0.2, -0.15) is 0 Å². The number of ether oxygens (including phenoxy) is 1. The monoisotopic (exact) mass is 258 g/mol. The zero-order valence-corrected chi connectivity index (χ0v) is 11.2. The predicted octanol–water partition coefficient (Wildman–Crippen LogP) is 2.09. The predicted molar refractivity (Wildman–Crippen MR) is 76.2 cm³/mol. The Balaban J connectivity index is 2.05. The molecule has 2 N–H and O–H groups in total. The van der Waals surface area contributed by atoms with Crippen LogP contribution >= 0.6 is 0 Å². The highest BCUT2D eigenvalue weighted by Crippen LogP contribution is 2.19. The van der Waals surface area contributed by atoms with Crippen molar-refractivity contribution in [1.29, 1.82) is 0 Å². The average Bonchev–Trinajstić information content (AvgIpc) is 2.40. The standard InChI is InChI=1S/C14H18N4O/c1-3-19-12-6-4-11(5-7-12)18(2)10-14-16-9-8-13(15)17-14/h4-9H,3,10H2,1-2H3,(H2,15,16,17). The van der Waals surface area contributed by atoms with Gasteiger partial charge >= 0.3 is 0 Å². The van der Waals surface area contributed by atoms with Gasteiger partial charge in [-0.1, -0.05) is 0 Å². The molecule has 19 heavy (non-hydrogen) atoms. The van der Waals surface area contributed by atoms with Crippen LogP contribution < -0.4 is 15.4 Å². The quantitative estimate of drug-likeness (QED) is 0.889. The van der Waals surface area contributed by atoms with Crippen molar-refractivity contribution in [2.75, 3.05) is 24.3 Å². The second-order valence-electron chi connectivity index (χ2n) is 4.18. The lowest BCUT2D eigenvalue weighted by Crippen LogP contribution is -2.18. The summed E-state index contributed by atoms with van der Waals surface area (Å²) < 4.78 is 5.41. The molecule has 0 radical (unpaired) electrons. The minimum atomic E-state index is 0.491. The first-order valence-corrected chi connectivity index (χ1v) is 6.20. The molecule has 0 aliphatic rings. The van der Waals surface area contributed by atoms with E-state index in [1.54, 1.807) is 12.3 Å². The van der Waals surface area contributed by atoms with Gasteiger partial charge in [-0.25, -0.2) is 9.97 Å². The minimum absolute atomic E-state index is 0.491. The smallest absolute Gasteiger partial charge is 0.149 e. The van der Waals surface area contributed by atoms with Crippen LogP contribution in [0.25, 0.3) is 0 Å². The maximum atomic E-state index is 5.64. The highest BCUT2D eigenvalue weighted by molar-refractivity contribution is 5.48. The maximum Gasteiger partial charge on any atom is 0.149 e. The fourth-order valence-electron chi connectivity index (χ4n) is 1.76. The van der Waals surface area contributed by atoms with E-state index in [4.69, 9.17) is 10.5 Å². The summed E-state index contributed by atoms with van der Waals surface area (Å²) >= 11 is 0. The number of rotatable bonds is 5. The fourth-order valence-corrected chi connectivity index (χ4v) is 1.76. The van der Waals surface area contributed by atoms with Gasteiger partial charge in [-0.15, -0.1) is 0 Å². The van der Waals surface area contributed by atoms with Crippen molar-refractivity contribution < 1.29 is 4.74 Å². The second kappa shape index (κ2) is 6.04. The number of benzene rings is 1. The highest BCUT2D eigenvalue weighted by atomic mass is 16.5. The van der Waals surface area contributed by atoms with Crippen LogP contribution in [0.2, 0.25) is 0 Å². The second-order valence-corrected chi connectivity index (χ2v) is 4.18. The Kier molecular flexibility index (Phi) is 4.18. The largest absolute Gasteiger partial charge is 0.494 e. The average molecular weight is 258 g/mol. The van der Waals surface area contributed by atoms with E-state index in [9.17, 15) is 0 Å². The first kappa shape index (κ1) is 13.1. The van der Waals surface area contributed by atoms with E-state index in [0.717, 1.165) is 11.4 Å². The summed E-state index contributed by atoms with van der Waals surface area (Å²) in [7, 11) is 1.99. The summed E-state index contributed by atoms with van der Waals surface area (Å²) in [5.74, 6) is 2.07. The van der Waals surface area contributed by atoms with Crippen LogP contribution in [-0.4, -0.2) is 23.6 Å². The van der Waals surface area contributed by atoms with Gasteiger partial charge in [0.1, 0.15) is 17.4 Å². The number of nitrogens with zero attached hydrogens (tertiary/aromatic N) is 3. The van der Waals surface area contributed by atoms with Crippen LogP contribution in [0.4, 0.5) is 11.5 Å². The van der Waals surface area contributed by atoms with Crippen molar-refractivity contribution in [3.63, 3.8) is 0 Å². The molecule has 2 rings (SSSR count). The number of hydrogen-bond donors (Lipinski definition) is 1. The number of aromatic nitrogens is 2. The van der Waals surface area contributed by atoms with Crippen LogP contribution in [0, 0.1) is 0 Å². The van der Waals surface area contributed by atoms with Gasteiger partial charge in [0.2, 0.25) is 0 Å². The minimum Gasteiger partial charge on any atom is -0.494 e. The van der Waals surface area contributed by atoms with Crippen LogP contribution in [0.3, 0.4) is 0 Å². The molecule has 5 nitrogen and oxygen atoms in total. The lowest BCUT2D eigenvalue weighted by atomic mass is 10.3. The first-order valence-electron chi connectivity index (χ1n) is 6.20. The third-order valence-corrected chi connectivity index (χ3v) is 2.69. The van der Waals surface area contributed by atoms with Gasteiger partial charge in [0.15, 0.2) is 0 Å². The molecule has 100 valence electrons. The molecule has 0 spiro atoms. The molecule has 0 fully saturated rings. The van der Waals surface area contributed by atoms with Gasteiger partial charge in [0.25, 0.3) is 0 Å². The molecule has 0 aliphatic carbocycles. The van der Waals surface area contributed by atoms with Gasteiger partial charge in [-0.05, 0) is 37.3 Å². The van der Waals surface area contributed by atoms with Crippen molar-refractivity contribution >= 4 is 11.5 Å². The summed E-state index contributed by atoms with van der Waals surface area (Å²) in [6.07, 6.45) is 1.67. The van der Waals surface area contributed by atoms with Crippen molar-refractivity contribution in [3.05, 3.63) is 42.4 Å². The van der Waals surface area contributed by atoms with Gasteiger partial charge in [-0.3, -0.25) is 0 Å². The molecule has 0 aliphatic heterocycles. The Morgan fingerprint density at radius 3 is 2.58 bits per heavy atom. The Morgan fingerprint density at radius 1 is 1.21 bits per heavy atom. The molecule has 0 unspecified atom stereocenters. The van der Waals surface area contributed by atoms with E-state index < -0.39 is 0 Å². The van der Waals surface area contributed by atoms with Crippen molar-refractivity contribution in [2.45, 2.75) is 13.5 Å².